The van der Waals surface area contributed by atoms with Gasteiger partial charge in [0.15, 0.2) is 0 Å². The highest BCUT2D eigenvalue weighted by Gasteiger charge is 2.19. The average Bonchev–Trinajstić information content (AvgIpc) is 2.67. The predicted molar refractivity (Wildman–Crippen MR) is 101 cm³/mol. The molecule has 6 nitrogen and oxygen atoms in total. The number of hydrogen-bond acceptors (Lipinski definition) is 4. The van der Waals surface area contributed by atoms with Crippen LogP contribution in [0.3, 0.4) is 0 Å². The molecule has 1 fully saturated rings. The number of piperazine rings is 1. The lowest BCUT2D eigenvalue weighted by atomic mass is 10.2. The van der Waals surface area contributed by atoms with Crippen LogP contribution in [-0.4, -0.2) is 47.9 Å². The number of hydrogen-bond donors (Lipinski definition) is 1. The van der Waals surface area contributed by atoms with Crippen molar-refractivity contribution in [3.8, 4) is 0 Å². The molecule has 0 radical (unpaired) electrons. The summed E-state index contributed by atoms with van der Waals surface area (Å²) in [7, 11) is 0. The summed E-state index contributed by atoms with van der Waals surface area (Å²) in [5.74, 6) is -0.145. The van der Waals surface area contributed by atoms with Gasteiger partial charge < -0.3 is 15.1 Å². The predicted octanol–water partition coefficient (Wildman–Crippen LogP) is 2.33. The minimum atomic E-state index is -0.242. The standard InChI is InChI=1S/C19H21ClN4O2/c1-14(25)23-8-10-24(11-9-23)16-6-7-21-18(12-16)19(26)22-13-15-4-2-3-5-17(15)20/h2-7,12H,8-11,13H2,1H3,(H,22,26). The van der Waals surface area contributed by atoms with E-state index >= 15 is 0 Å². The highest BCUT2D eigenvalue weighted by Crippen LogP contribution is 2.18. The summed E-state index contributed by atoms with van der Waals surface area (Å²) in [6.07, 6.45) is 1.64. The Bertz CT molecular complexity index is 804. The van der Waals surface area contributed by atoms with Gasteiger partial charge >= 0.3 is 0 Å². The molecule has 2 aromatic rings. The molecular weight excluding hydrogens is 352 g/mol. The zero-order valence-corrected chi connectivity index (χ0v) is 15.4. The molecule has 0 spiro atoms. The van der Waals surface area contributed by atoms with Crippen LogP contribution in [0.4, 0.5) is 5.69 Å². The number of anilines is 1. The SMILES string of the molecule is CC(=O)N1CCN(c2ccnc(C(=O)NCc3ccccc3Cl)c2)CC1. The molecule has 1 aromatic heterocycles. The van der Waals surface area contributed by atoms with E-state index in [-0.39, 0.29) is 11.8 Å². The molecule has 0 unspecified atom stereocenters. The fourth-order valence-corrected chi connectivity index (χ4v) is 3.13. The maximum Gasteiger partial charge on any atom is 0.270 e. The third-order valence-corrected chi connectivity index (χ3v) is 4.83. The van der Waals surface area contributed by atoms with Gasteiger partial charge in [-0.2, -0.15) is 0 Å². The molecule has 1 N–H and O–H groups in total. The van der Waals surface area contributed by atoms with Crippen LogP contribution < -0.4 is 10.2 Å². The highest BCUT2D eigenvalue weighted by atomic mass is 35.5. The van der Waals surface area contributed by atoms with E-state index in [1.807, 2.05) is 29.2 Å². The summed E-state index contributed by atoms with van der Waals surface area (Å²) >= 11 is 6.11. The second-order valence-corrected chi connectivity index (χ2v) is 6.57. The van der Waals surface area contributed by atoms with Crippen LogP contribution in [0, 0.1) is 0 Å². The third kappa shape index (κ3) is 4.32. The summed E-state index contributed by atoms with van der Waals surface area (Å²) in [6.45, 7) is 4.79. The molecule has 26 heavy (non-hydrogen) atoms. The van der Waals surface area contributed by atoms with Crippen LogP contribution in [0.15, 0.2) is 42.6 Å². The fourth-order valence-electron chi connectivity index (χ4n) is 2.93. The molecule has 1 saturated heterocycles. The van der Waals surface area contributed by atoms with Gasteiger partial charge in [-0.25, -0.2) is 0 Å². The number of benzene rings is 1. The van der Waals surface area contributed by atoms with Gasteiger partial charge in [0.05, 0.1) is 0 Å². The van der Waals surface area contributed by atoms with Crippen LogP contribution in [0.25, 0.3) is 0 Å². The summed E-state index contributed by atoms with van der Waals surface area (Å²) in [6, 6.07) is 11.1. The fraction of sp³-hybridized carbons (Fsp3) is 0.316. The molecule has 2 heterocycles. The average molecular weight is 373 g/mol. The van der Waals surface area contributed by atoms with Crippen molar-refractivity contribution in [2.45, 2.75) is 13.5 Å². The molecule has 3 rings (SSSR count). The summed E-state index contributed by atoms with van der Waals surface area (Å²) in [5.41, 5.74) is 2.16. The van der Waals surface area contributed by atoms with Gasteiger partial charge in [-0.05, 0) is 23.8 Å². The topological polar surface area (TPSA) is 65.5 Å². The van der Waals surface area contributed by atoms with Crippen LogP contribution in [0.2, 0.25) is 5.02 Å². The van der Waals surface area contributed by atoms with Crippen molar-refractivity contribution in [1.29, 1.82) is 0 Å². The first kappa shape index (κ1) is 18.2. The molecular formula is C19H21ClN4O2. The maximum atomic E-state index is 12.4. The molecule has 1 aliphatic rings. The number of aromatic nitrogens is 1. The molecule has 7 heteroatoms. The van der Waals surface area contributed by atoms with E-state index in [2.05, 4.69) is 15.2 Å². The lowest BCUT2D eigenvalue weighted by Crippen LogP contribution is -2.48. The van der Waals surface area contributed by atoms with Gasteiger partial charge in [0.25, 0.3) is 5.91 Å². The molecule has 0 bridgehead atoms. The quantitative estimate of drug-likeness (QED) is 0.894. The number of halogens is 1. The van der Waals surface area contributed by atoms with E-state index in [0.29, 0.717) is 30.4 Å². The molecule has 0 aliphatic carbocycles. The van der Waals surface area contributed by atoms with Crippen molar-refractivity contribution in [1.82, 2.24) is 15.2 Å². The normalized spacial score (nSPS) is 14.2. The lowest BCUT2D eigenvalue weighted by molar-refractivity contribution is -0.129. The number of nitrogens with zero attached hydrogens (tertiary/aromatic N) is 3. The van der Waals surface area contributed by atoms with Gasteiger partial charge in [-0.3, -0.25) is 14.6 Å². The number of nitrogens with one attached hydrogen (secondary N) is 1. The van der Waals surface area contributed by atoms with E-state index in [1.54, 1.807) is 25.3 Å². The van der Waals surface area contributed by atoms with Crippen LogP contribution in [0.1, 0.15) is 23.0 Å². The molecule has 136 valence electrons. The van der Waals surface area contributed by atoms with E-state index in [4.69, 9.17) is 11.6 Å². The minimum Gasteiger partial charge on any atom is -0.368 e. The molecule has 1 aliphatic heterocycles. The Morgan fingerprint density at radius 2 is 1.88 bits per heavy atom. The van der Waals surface area contributed by atoms with E-state index in [9.17, 15) is 9.59 Å². The first-order chi connectivity index (χ1) is 12.5. The number of pyridine rings is 1. The Balaban J connectivity index is 1.63. The molecule has 0 atom stereocenters. The Hall–Kier alpha value is -2.60. The Morgan fingerprint density at radius 1 is 1.15 bits per heavy atom. The van der Waals surface area contributed by atoms with E-state index < -0.39 is 0 Å². The third-order valence-electron chi connectivity index (χ3n) is 4.46. The van der Waals surface area contributed by atoms with Gasteiger partial charge in [0, 0.05) is 56.6 Å². The number of amides is 2. The summed E-state index contributed by atoms with van der Waals surface area (Å²) in [4.78, 5) is 32.0. The zero-order chi connectivity index (χ0) is 18.5. The Kier molecular flexibility index (Phi) is 5.73. The maximum absolute atomic E-state index is 12.4. The van der Waals surface area contributed by atoms with Crippen molar-refractivity contribution < 1.29 is 9.59 Å². The number of carbonyl (C=O) groups excluding carboxylic acids is 2. The van der Waals surface area contributed by atoms with Gasteiger partial charge in [-0.15, -0.1) is 0 Å². The largest absolute Gasteiger partial charge is 0.368 e. The van der Waals surface area contributed by atoms with E-state index in [1.165, 1.54) is 0 Å². The van der Waals surface area contributed by atoms with Gasteiger partial charge in [0.2, 0.25) is 5.91 Å². The van der Waals surface area contributed by atoms with Crippen molar-refractivity contribution in [2.24, 2.45) is 0 Å². The smallest absolute Gasteiger partial charge is 0.270 e. The highest BCUT2D eigenvalue weighted by molar-refractivity contribution is 6.31. The molecule has 2 amide bonds. The van der Waals surface area contributed by atoms with Crippen LogP contribution >= 0.6 is 11.6 Å². The monoisotopic (exact) mass is 372 g/mol. The second-order valence-electron chi connectivity index (χ2n) is 6.17. The van der Waals surface area contributed by atoms with Crippen molar-refractivity contribution in [2.75, 3.05) is 31.1 Å². The van der Waals surface area contributed by atoms with Crippen molar-refractivity contribution in [3.05, 3.63) is 58.9 Å². The first-order valence-corrected chi connectivity index (χ1v) is 8.90. The Labute approximate surface area is 157 Å². The molecule has 0 saturated carbocycles. The lowest BCUT2D eigenvalue weighted by Gasteiger charge is -2.35. The van der Waals surface area contributed by atoms with Crippen LogP contribution in [-0.2, 0) is 11.3 Å². The van der Waals surface area contributed by atoms with Gasteiger partial charge in [0.1, 0.15) is 5.69 Å². The first-order valence-electron chi connectivity index (χ1n) is 8.52. The van der Waals surface area contributed by atoms with Gasteiger partial charge in [-0.1, -0.05) is 29.8 Å². The summed E-state index contributed by atoms with van der Waals surface area (Å²) < 4.78 is 0. The number of carbonyl (C=O) groups is 2. The molecule has 1 aromatic carbocycles. The van der Waals surface area contributed by atoms with Crippen LogP contribution in [0.5, 0.6) is 0 Å². The minimum absolute atomic E-state index is 0.0963. The zero-order valence-electron chi connectivity index (χ0n) is 14.6. The van der Waals surface area contributed by atoms with Crippen molar-refractivity contribution >= 4 is 29.1 Å². The summed E-state index contributed by atoms with van der Waals surface area (Å²) in [5, 5.41) is 3.47. The Morgan fingerprint density at radius 3 is 2.58 bits per heavy atom. The second kappa shape index (κ2) is 8.19. The number of rotatable bonds is 4. The van der Waals surface area contributed by atoms with Crippen molar-refractivity contribution in [3.63, 3.8) is 0 Å². The van der Waals surface area contributed by atoms with E-state index in [0.717, 1.165) is 24.3 Å².